The summed E-state index contributed by atoms with van der Waals surface area (Å²) in [5, 5.41) is 12.1. The molecule has 0 saturated carbocycles. The van der Waals surface area contributed by atoms with Gasteiger partial charge in [0, 0.05) is 29.3 Å². The standard InChI is InChI=1S/C18H24BrN3O2/c1-12-8-13(10-20)15(19)9-16(12)22-7-5-6-14(11-22)21-17(23)24-18(2,3)4/h8-9,14H,5-7,11H2,1-4H3,(H,21,23). The molecule has 1 heterocycles. The van der Waals surface area contributed by atoms with Crippen molar-refractivity contribution in [3.05, 3.63) is 27.7 Å². The van der Waals surface area contributed by atoms with Gasteiger partial charge >= 0.3 is 6.09 Å². The third-order valence-electron chi connectivity index (χ3n) is 3.89. The molecule has 2 rings (SSSR count). The average molecular weight is 394 g/mol. The van der Waals surface area contributed by atoms with Gasteiger partial charge in [-0.15, -0.1) is 0 Å². The number of carbonyl (C=O) groups is 1. The van der Waals surface area contributed by atoms with E-state index in [0.717, 1.165) is 41.7 Å². The van der Waals surface area contributed by atoms with Gasteiger partial charge in [-0.1, -0.05) is 0 Å². The minimum absolute atomic E-state index is 0.0578. The highest BCUT2D eigenvalue weighted by Crippen LogP contribution is 2.30. The molecule has 0 aliphatic carbocycles. The predicted molar refractivity (Wildman–Crippen MR) is 98.2 cm³/mol. The quantitative estimate of drug-likeness (QED) is 0.820. The maximum Gasteiger partial charge on any atom is 0.407 e. The number of aryl methyl sites for hydroxylation is 1. The van der Waals surface area contributed by atoms with Crippen molar-refractivity contribution in [2.75, 3.05) is 18.0 Å². The van der Waals surface area contributed by atoms with E-state index in [1.165, 1.54) is 0 Å². The summed E-state index contributed by atoms with van der Waals surface area (Å²) in [6.45, 7) is 9.25. The molecule has 0 spiro atoms. The van der Waals surface area contributed by atoms with Crippen LogP contribution in [0.4, 0.5) is 10.5 Å². The van der Waals surface area contributed by atoms with Crippen LogP contribution in [0.15, 0.2) is 16.6 Å². The van der Waals surface area contributed by atoms with E-state index in [1.807, 2.05) is 39.8 Å². The molecule has 1 amide bonds. The van der Waals surface area contributed by atoms with Gasteiger partial charge < -0.3 is 15.0 Å². The third-order valence-corrected chi connectivity index (χ3v) is 4.55. The molecule has 1 saturated heterocycles. The fourth-order valence-corrected chi connectivity index (χ4v) is 3.31. The fraction of sp³-hybridized carbons (Fsp3) is 0.556. The normalized spacial score (nSPS) is 18.0. The maximum atomic E-state index is 12.0. The van der Waals surface area contributed by atoms with Gasteiger partial charge in [0.2, 0.25) is 0 Å². The van der Waals surface area contributed by atoms with Gasteiger partial charge in [0.1, 0.15) is 11.7 Å². The van der Waals surface area contributed by atoms with E-state index in [9.17, 15) is 4.79 Å². The van der Waals surface area contributed by atoms with E-state index in [4.69, 9.17) is 10.00 Å². The highest BCUT2D eigenvalue weighted by Gasteiger charge is 2.25. The Balaban J connectivity index is 2.07. The molecule has 130 valence electrons. The number of hydrogen-bond donors (Lipinski definition) is 1. The van der Waals surface area contributed by atoms with Gasteiger partial charge in [-0.05, 0) is 74.2 Å². The zero-order chi connectivity index (χ0) is 17.9. The van der Waals surface area contributed by atoms with Crippen molar-refractivity contribution in [1.82, 2.24) is 5.32 Å². The largest absolute Gasteiger partial charge is 0.444 e. The SMILES string of the molecule is Cc1cc(C#N)c(Br)cc1N1CCCC(NC(=O)OC(C)(C)C)C1. The van der Waals surface area contributed by atoms with Gasteiger partial charge in [0.15, 0.2) is 0 Å². The lowest BCUT2D eigenvalue weighted by molar-refractivity contribution is 0.0500. The Morgan fingerprint density at radius 3 is 2.79 bits per heavy atom. The molecular weight excluding hydrogens is 370 g/mol. The molecule has 1 aromatic carbocycles. The number of ether oxygens (including phenoxy) is 1. The number of halogens is 1. The van der Waals surface area contributed by atoms with Gasteiger partial charge in [-0.25, -0.2) is 4.79 Å². The summed E-state index contributed by atoms with van der Waals surface area (Å²) in [7, 11) is 0. The Kier molecular flexibility index (Phi) is 5.76. The molecular formula is C18H24BrN3O2. The number of nitriles is 1. The number of carbonyl (C=O) groups excluding carboxylic acids is 1. The van der Waals surface area contributed by atoms with Crippen molar-refractivity contribution < 1.29 is 9.53 Å². The number of rotatable bonds is 2. The summed E-state index contributed by atoms with van der Waals surface area (Å²) in [5.74, 6) is 0. The van der Waals surface area contributed by atoms with Crippen LogP contribution < -0.4 is 10.2 Å². The first-order valence-electron chi connectivity index (χ1n) is 8.14. The van der Waals surface area contributed by atoms with Crippen molar-refractivity contribution in [1.29, 1.82) is 5.26 Å². The average Bonchev–Trinajstić information content (AvgIpc) is 2.47. The molecule has 0 radical (unpaired) electrons. The van der Waals surface area contributed by atoms with Crippen LogP contribution in [0.2, 0.25) is 0 Å². The number of nitrogens with one attached hydrogen (secondary N) is 1. The lowest BCUT2D eigenvalue weighted by Crippen LogP contribution is -2.49. The second-order valence-corrected chi connectivity index (χ2v) is 8.02. The van der Waals surface area contributed by atoms with Crippen molar-refractivity contribution in [3.63, 3.8) is 0 Å². The van der Waals surface area contributed by atoms with Crippen LogP contribution in [-0.2, 0) is 4.74 Å². The second-order valence-electron chi connectivity index (χ2n) is 7.16. The molecule has 1 fully saturated rings. The van der Waals surface area contributed by atoms with Crippen molar-refractivity contribution in [2.24, 2.45) is 0 Å². The number of amides is 1. The minimum Gasteiger partial charge on any atom is -0.444 e. The number of nitrogens with zero attached hydrogens (tertiary/aromatic N) is 2. The summed E-state index contributed by atoms with van der Waals surface area (Å²) in [4.78, 5) is 14.2. The van der Waals surface area contributed by atoms with E-state index in [2.05, 4.69) is 32.2 Å². The van der Waals surface area contributed by atoms with Crippen LogP contribution in [0.1, 0.15) is 44.7 Å². The van der Waals surface area contributed by atoms with Crippen LogP contribution in [-0.4, -0.2) is 30.8 Å². The highest BCUT2D eigenvalue weighted by atomic mass is 79.9. The first-order chi connectivity index (χ1) is 11.2. The summed E-state index contributed by atoms with van der Waals surface area (Å²) in [6.07, 6.45) is 1.57. The zero-order valence-electron chi connectivity index (χ0n) is 14.6. The predicted octanol–water partition coefficient (Wildman–Crippen LogP) is 4.12. The van der Waals surface area contributed by atoms with Crippen LogP contribution in [0.3, 0.4) is 0 Å². The Hall–Kier alpha value is -1.74. The van der Waals surface area contributed by atoms with Crippen LogP contribution in [0.25, 0.3) is 0 Å². The summed E-state index contributed by atoms with van der Waals surface area (Å²) >= 11 is 3.46. The molecule has 1 unspecified atom stereocenters. The van der Waals surface area contributed by atoms with Crippen LogP contribution in [0.5, 0.6) is 0 Å². The fourth-order valence-electron chi connectivity index (χ4n) is 2.89. The minimum atomic E-state index is -0.493. The first-order valence-corrected chi connectivity index (χ1v) is 8.93. The van der Waals surface area contributed by atoms with Gasteiger partial charge in [-0.3, -0.25) is 0 Å². The monoisotopic (exact) mass is 393 g/mol. The summed E-state index contributed by atoms with van der Waals surface area (Å²) in [6, 6.07) is 6.12. The number of alkyl carbamates (subject to hydrolysis) is 1. The van der Waals surface area contributed by atoms with Gasteiger partial charge in [0.25, 0.3) is 0 Å². The Morgan fingerprint density at radius 2 is 2.17 bits per heavy atom. The van der Waals surface area contributed by atoms with Crippen LogP contribution >= 0.6 is 15.9 Å². The first kappa shape index (κ1) is 18.6. The second kappa shape index (κ2) is 7.43. The molecule has 0 bridgehead atoms. The van der Waals surface area contributed by atoms with E-state index in [0.29, 0.717) is 5.56 Å². The molecule has 1 atom stereocenters. The number of anilines is 1. The van der Waals surface area contributed by atoms with E-state index >= 15 is 0 Å². The smallest absolute Gasteiger partial charge is 0.407 e. The Bertz CT molecular complexity index is 661. The Labute approximate surface area is 152 Å². The molecule has 6 heteroatoms. The summed E-state index contributed by atoms with van der Waals surface area (Å²) in [5.41, 5.74) is 2.30. The third kappa shape index (κ3) is 4.88. The topological polar surface area (TPSA) is 65.4 Å². The molecule has 1 aliphatic rings. The maximum absolute atomic E-state index is 12.0. The van der Waals surface area contributed by atoms with Gasteiger partial charge in [-0.2, -0.15) is 5.26 Å². The van der Waals surface area contributed by atoms with Gasteiger partial charge in [0.05, 0.1) is 5.56 Å². The molecule has 1 aliphatic heterocycles. The van der Waals surface area contributed by atoms with Crippen LogP contribution in [0, 0.1) is 18.3 Å². The van der Waals surface area contributed by atoms with E-state index < -0.39 is 5.60 Å². The van der Waals surface area contributed by atoms with Crippen molar-refractivity contribution in [2.45, 2.75) is 52.2 Å². The Morgan fingerprint density at radius 1 is 1.46 bits per heavy atom. The lowest BCUT2D eigenvalue weighted by Gasteiger charge is -2.36. The van der Waals surface area contributed by atoms with E-state index in [1.54, 1.807) is 0 Å². The molecule has 1 aromatic rings. The highest BCUT2D eigenvalue weighted by molar-refractivity contribution is 9.10. The molecule has 24 heavy (non-hydrogen) atoms. The lowest BCUT2D eigenvalue weighted by atomic mass is 10.0. The van der Waals surface area contributed by atoms with Crippen molar-refractivity contribution in [3.8, 4) is 6.07 Å². The summed E-state index contributed by atoms with van der Waals surface area (Å²) < 4.78 is 6.14. The van der Waals surface area contributed by atoms with Crippen molar-refractivity contribution >= 4 is 27.7 Å². The number of benzene rings is 1. The number of hydrogen-bond acceptors (Lipinski definition) is 4. The molecule has 1 N–H and O–H groups in total. The number of piperidine rings is 1. The zero-order valence-corrected chi connectivity index (χ0v) is 16.2. The molecule has 0 aromatic heterocycles. The van der Waals surface area contributed by atoms with E-state index in [-0.39, 0.29) is 12.1 Å². The molecule has 5 nitrogen and oxygen atoms in total.